The highest BCUT2D eigenvalue weighted by Gasteiger charge is 2.19. The number of thiazole rings is 1. The Balaban J connectivity index is 1.67. The molecular weight excluding hydrogens is 378 g/mol. The maximum absolute atomic E-state index is 13.2. The Morgan fingerprint density at radius 1 is 1.36 bits per heavy atom. The second-order valence-corrected chi connectivity index (χ2v) is 7.39. The van der Waals surface area contributed by atoms with Gasteiger partial charge in [0.1, 0.15) is 5.76 Å². The molecule has 0 aromatic carbocycles. The number of aromatic nitrogens is 4. The first kappa shape index (κ1) is 18.2. The Morgan fingerprint density at radius 3 is 2.86 bits per heavy atom. The number of rotatable bonds is 5. The standard InChI is InChI=1S/C19H19N5O3S/c1-11-7-15(22-23(11)3)17-12(2)21-19-24(18(17)26)13(10-28-19)8-16(25)20-9-14-5-4-6-27-14/h4-7,10H,8-9H2,1-3H3,(H,20,25). The molecule has 0 aliphatic carbocycles. The molecule has 1 N–H and O–H groups in total. The topological polar surface area (TPSA) is 94.4 Å². The lowest BCUT2D eigenvalue weighted by molar-refractivity contribution is -0.120. The first-order chi connectivity index (χ1) is 13.4. The second kappa shape index (κ2) is 7.08. The van der Waals surface area contributed by atoms with Gasteiger partial charge in [-0.2, -0.15) is 5.10 Å². The van der Waals surface area contributed by atoms with E-state index in [0.717, 1.165) is 5.69 Å². The Labute approximate surface area is 164 Å². The lowest BCUT2D eigenvalue weighted by Crippen LogP contribution is -2.27. The lowest BCUT2D eigenvalue weighted by Gasteiger charge is -2.06. The molecule has 8 nitrogen and oxygen atoms in total. The molecule has 4 aromatic heterocycles. The first-order valence-electron chi connectivity index (χ1n) is 8.74. The van der Waals surface area contributed by atoms with Crippen LogP contribution in [0.25, 0.3) is 16.2 Å². The summed E-state index contributed by atoms with van der Waals surface area (Å²) in [6.45, 7) is 4.03. The number of fused-ring (bicyclic) bond motifs is 1. The SMILES string of the molecule is Cc1nc2scc(CC(=O)NCc3ccco3)n2c(=O)c1-c1cc(C)n(C)n1. The van der Waals surface area contributed by atoms with Gasteiger partial charge in [-0.05, 0) is 32.0 Å². The molecule has 4 rings (SSSR count). The summed E-state index contributed by atoms with van der Waals surface area (Å²) in [5, 5.41) is 9.01. The van der Waals surface area contributed by atoms with Crippen molar-refractivity contribution >= 4 is 22.2 Å². The molecule has 144 valence electrons. The van der Waals surface area contributed by atoms with Crippen molar-refractivity contribution in [2.45, 2.75) is 26.8 Å². The van der Waals surface area contributed by atoms with Crippen molar-refractivity contribution in [2.24, 2.45) is 7.05 Å². The Hall–Kier alpha value is -3.20. The average molecular weight is 397 g/mol. The van der Waals surface area contributed by atoms with E-state index < -0.39 is 0 Å². The molecule has 0 atom stereocenters. The minimum absolute atomic E-state index is 0.0754. The fraction of sp³-hybridized carbons (Fsp3) is 0.263. The van der Waals surface area contributed by atoms with Crippen LogP contribution in [0.5, 0.6) is 0 Å². The van der Waals surface area contributed by atoms with Crippen molar-refractivity contribution in [3.8, 4) is 11.3 Å². The number of nitrogens with zero attached hydrogens (tertiary/aromatic N) is 4. The van der Waals surface area contributed by atoms with Gasteiger partial charge in [0.2, 0.25) is 5.91 Å². The van der Waals surface area contributed by atoms with Crippen molar-refractivity contribution in [2.75, 3.05) is 0 Å². The molecule has 28 heavy (non-hydrogen) atoms. The Bertz CT molecular complexity index is 1200. The number of hydrogen-bond donors (Lipinski definition) is 1. The van der Waals surface area contributed by atoms with E-state index in [4.69, 9.17) is 4.42 Å². The number of hydrogen-bond acceptors (Lipinski definition) is 6. The third-order valence-electron chi connectivity index (χ3n) is 4.57. The van der Waals surface area contributed by atoms with Crippen LogP contribution in [0.4, 0.5) is 0 Å². The summed E-state index contributed by atoms with van der Waals surface area (Å²) in [6.07, 6.45) is 1.63. The third-order valence-corrected chi connectivity index (χ3v) is 5.45. The molecule has 0 aliphatic heterocycles. The molecule has 0 bridgehead atoms. The number of nitrogens with one attached hydrogen (secondary N) is 1. The third kappa shape index (κ3) is 3.24. The largest absolute Gasteiger partial charge is 0.467 e. The number of amides is 1. The van der Waals surface area contributed by atoms with Crippen LogP contribution in [-0.2, 0) is 24.8 Å². The van der Waals surface area contributed by atoms with Gasteiger partial charge < -0.3 is 9.73 Å². The van der Waals surface area contributed by atoms with E-state index in [1.54, 1.807) is 35.4 Å². The second-order valence-electron chi connectivity index (χ2n) is 6.55. The lowest BCUT2D eigenvalue weighted by atomic mass is 10.1. The van der Waals surface area contributed by atoms with E-state index in [0.29, 0.717) is 39.9 Å². The van der Waals surface area contributed by atoms with Gasteiger partial charge >= 0.3 is 0 Å². The summed E-state index contributed by atoms with van der Waals surface area (Å²) in [4.78, 5) is 30.7. The van der Waals surface area contributed by atoms with Gasteiger partial charge in [-0.15, -0.1) is 11.3 Å². The first-order valence-corrected chi connectivity index (χ1v) is 9.62. The van der Waals surface area contributed by atoms with Gasteiger partial charge in [0.05, 0.1) is 36.2 Å². The minimum Gasteiger partial charge on any atom is -0.467 e. The van der Waals surface area contributed by atoms with E-state index >= 15 is 0 Å². The van der Waals surface area contributed by atoms with Gasteiger partial charge in [-0.25, -0.2) is 4.98 Å². The molecule has 0 fully saturated rings. The predicted octanol–water partition coefficient (Wildman–Crippen LogP) is 2.23. The minimum atomic E-state index is -0.212. The van der Waals surface area contributed by atoms with Crippen LogP contribution in [0.15, 0.2) is 39.1 Å². The fourth-order valence-corrected chi connectivity index (χ4v) is 3.96. The molecule has 0 spiro atoms. The summed E-state index contributed by atoms with van der Waals surface area (Å²) >= 11 is 1.34. The van der Waals surface area contributed by atoms with E-state index in [9.17, 15) is 9.59 Å². The summed E-state index contributed by atoms with van der Waals surface area (Å²) in [5.41, 5.74) is 3.00. The van der Waals surface area contributed by atoms with Gasteiger partial charge in [-0.3, -0.25) is 18.7 Å². The molecule has 1 amide bonds. The van der Waals surface area contributed by atoms with E-state index in [1.165, 1.54) is 15.7 Å². The van der Waals surface area contributed by atoms with Gasteiger partial charge in [0.15, 0.2) is 4.96 Å². The molecule has 0 unspecified atom stereocenters. The van der Waals surface area contributed by atoms with Crippen LogP contribution in [-0.4, -0.2) is 25.1 Å². The molecular formula is C19H19N5O3S. The van der Waals surface area contributed by atoms with Crippen LogP contribution in [0.1, 0.15) is 22.8 Å². The van der Waals surface area contributed by atoms with Crippen molar-refractivity contribution < 1.29 is 9.21 Å². The molecule has 4 aromatic rings. The smallest absolute Gasteiger partial charge is 0.268 e. The summed E-state index contributed by atoms with van der Waals surface area (Å²) in [7, 11) is 1.83. The van der Waals surface area contributed by atoms with E-state index in [-0.39, 0.29) is 17.9 Å². The molecule has 0 saturated carbocycles. The zero-order valence-corrected chi connectivity index (χ0v) is 16.5. The Kier molecular flexibility index (Phi) is 4.60. The number of carbonyl (C=O) groups excluding carboxylic acids is 1. The number of aryl methyl sites for hydroxylation is 3. The molecule has 0 radical (unpaired) electrons. The predicted molar refractivity (Wildman–Crippen MR) is 105 cm³/mol. The van der Waals surface area contributed by atoms with Gasteiger partial charge in [0, 0.05) is 23.8 Å². The summed E-state index contributed by atoms with van der Waals surface area (Å²) in [5.74, 6) is 0.476. The van der Waals surface area contributed by atoms with Crippen LogP contribution in [0, 0.1) is 13.8 Å². The van der Waals surface area contributed by atoms with E-state index in [1.807, 2.05) is 20.0 Å². The fourth-order valence-electron chi connectivity index (χ4n) is 3.03. The van der Waals surface area contributed by atoms with Crippen molar-refractivity contribution in [3.05, 3.63) is 63.0 Å². The maximum Gasteiger partial charge on any atom is 0.268 e. The van der Waals surface area contributed by atoms with Gasteiger partial charge in [-0.1, -0.05) is 0 Å². The normalized spacial score (nSPS) is 11.2. The van der Waals surface area contributed by atoms with Crippen LogP contribution >= 0.6 is 11.3 Å². The molecule has 4 heterocycles. The van der Waals surface area contributed by atoms with Crippen LogP contribution in [0.3, 0.4) is 0 Å². The quantitative estimate of drug-likeness (QED) is 0.557. The zero-order chi connectivity index (χ0) is 19.8. The highest BCUT2D eigenvalue weighted by Crippen LogP contribution is 2.21. The maximum atomic E-state index is 13.2. The zero-order valence-electron chi connectivity index (χ0n) is 15.7. The Morgan fingerprint density at radius 2 is 2.18 bits per heavy atom. The molecule has 9 heteroatoms. The van der Waals surface area contributed by atoms with E-state index in [2.05, 4.69) is 15.4 Å². The number of furan rings is 1. The van der Waals surface area contributed by atoms with Gasteiger partial charge in [0.25, 0.3) is 5.56 Å². The van der Waals surface area contributed by atoms with Crippen LogP contribution in [0.2, 0.25) is 0 Å². The summed E-state index contributed by atoms with van der Waals surface area (Å²) < 4.78 is 8.44. The molecule has 0 aliphatic rings. The summed E-state index contributed by atoms with van der Waals surface area (Å²) in [6, 6.07) is 5.42. The van der Waals surface area contributed by atoms with Crippen LogP contribution < -0.4 is 10.9 Å². The molecule has 0 saturated heterocycles. The number of carbonyl (C=O) groups is 1. The highest BCUT2D eigenvalue weighted by molar-refractivity contribution is 7.15. The highest BCUT2D eigenvalue weighted by atomic mass is 32.1. The van der Waals surface area contributed by atoms with Crippen molar-refractivity contribution in [1.82, 2.24) is 24.5 Å². The monoisotopic (exact) mass is 397 g/mol. The average Bonchev–Trinajstić information content (AvgIpc) is 3.36. The van der Waals surface area contributed by atoms with Crippen molar-refractivity contribution in [3.63, 3.8) is 0 Å². The van der Waals surface area contributed by atoms with Crippen molar-refractivity contribution in [1.29, 1.82) is 0 Å².